The van der Waals surface area contributed by atoms with Crippen LogP contribution in [-0.4, -0.2) is 4.98 Å². The fourth-order valence-corrected chi connectivity index (χ4v) is 11.6. The number of rotatable bonds is 4. The van der Waals surface area contributed by atoms with Crippen molar-refractivity contribution in [3.63, 3.8) is 0 Å². The van der Waals surface area contributed by atoms with Crippen molar-refractivity contribution in [3.05, 3.63) is 127 Å². The molecule has 0 saturated heterocycles. The summed E-state index contributed by atoms with van der Waals surface area (Å²) < 4.78 is 14.4. The summed E-state index contributed by atoms with van der Waals surface area (Å²) in [6.07, 6.45) is 0. The van der Waals surface area contributed by atoms with E-state index >= 15 is 0 Å². The number of aromatic nitrogens is 1. The van der Waals surface area contributed by atoms with Gasteiger partial charge in [-0.15, -0.1) is 0 Å². The van der Waals surface area contributed by atoms with E-state index in [2.05, 4.69) is 88.3 Å². The molecule has 0 aliphatic rings. The molecule has 1 heterocycles. The van der Waals surface area contributed by atoms with Crippen molar-refractivity contribution in [3.8, 4) is 0 Å². The Bertz CT molecular complexity index is 1260. The van der Waals surface area contributed by atoms with Crippen molar-refractivity contribution in [2.75, 3.05) is 0 Å². The van der Waals surface area contributed by atoms with Crippen LogP contribution >= 0.6 is 20.8 Å². The van der Waals surface area contributed by atoms with Gasteiger partial charge in [0.1, 0.15) is 0 Å². The zero-order valence-electron chi connectivity index (χ0n) is 16.7. The molecule has 0 N–H and O–H groups in total. The summed E-state index contributed by atoms with van der Waals surface area (Å²) in [5.74, 6) is -0.259. The summed E-state index contributed by atoms with van der Waals surface area (Å²) in [5.41, 5.74) is 1.54. The van der Waals surface area contributed by atoms with Crippen LogP contribution in [0.25, 0.3) is 10.9 Å². The molecular formula is C27H20BrFNP. The molecule has 5 rings (SSSR count). The first-order chi connectivity index (χ1) is 15.1. The Morgan fingerprint density at radius 2 is 1.03 bits per heavy atom. The Kier molecular flexibility index (Phi) is 4.97. The summed E-state index contributed by atoms with van der Waals surface area (Å²) in [4.78, 5) is 5.08. The number of fused-ring (bicyclic) bond motifs is 1. The van der Waals surface area contributed by atoms with E-state index in [1.165, 1.54) is 6.07 Å². The van der Waals surface area contributed by atoms with E-state index < -0.39 is 5.31 Å². The van der Waals surface area contributed by atoms with Gasteiger partial charge in [-0.05, 0) is 0 Å². The molecule has 0 saturated carbocycles. The normalized spacial score (nSPS) is 12.9. The average Bonchev–Trinajstić information content (AvgIpc) is 2.85. The third-order valence-corrected chi connectivity index (χ3v) is 15.5. The maximum absolute atomic E-state index is 14.4. The number of halogens is 2. The zero-order valence-corrected chi connectivity index (χ0v) is 19.2. The average molecular weight is 488 g/mol. The van der Waals surface area contributed by atoms with Gasteiger partial charge in [-0.2, -0.15) is 0 Å². The molecule has 0 bridgehead atoms. The van der Waals surface area contributed by atoms with Crippen LogP contribution in [0.4, 0.5) is 4.39 Å². The molecule has 0 aliphatic carbocycles. The second kappa shape index (κ2) is 7.67. The Hall–Kier alpha value is -2.87. The second-order valence-electron chi connectivity index (χ2n) is 7.49. The quantitative estimate of drug-likeness (QED) is 0.290. The van der Waals surface area contributed by atoms with Crippen LogP contribution in [0.1, 0.15) is 0 Å². The van der Waals surface area contributed by atoms with Gasteiger partial charge in [-0.1, -0.05) is 0 Å². The van der Waals surface area contributed by atoms with E-state index in [0.717, 1.165) is 21.3 Å². The molecule has 0 unspecified atom stereocenters. The molecule has 5 aromatic rings. The van der Waals surface area contributed by atoms with Crippen molar-refractivity contribution in [2.45, 2.75) is 0 Å². The van der Waals surface area contributed by atoms with Crippen molar-refractivity contribution in [1.82, 2.24) is 4.98 Å². The van der Waals surface area contributed by atoms with Gasteiger partial charge in [0.05, 0.1) is 0 Å². The van der Waals surface area contributed by atoms with E-state index in [1.54, 1.807) is 6.07 Å². The predicted molar refractivity (Wildman–Crippen MR) is 135 cm³/mol. The Balaban J connectivity index is 1.99. The molecule has 0 amide bonds. The fourth-order valence-electron chi connectivity index (χ4n) is 4.31. The summed E-state index contributed by atoms with van der Waals surface area (Å²) in [6, 6.07) is 40.3. The first-order valence-electron chi connectivity index (χ1n) is 10.1. The van der Waals surface area contributed by atoms with Crippen LogP contribution in [0, 0.1) is 5.82 Å². The van der Waals surface area contributed by atoms with E-state index in [4.69, 9.17) is 4.98 Å². The predicted octanol–water partition coefficient (Wildman–Crippen LogP) is 5.84. The maximum atomic E-state index is 14.4. The molecule has 0 atom stereocenters. The second-order valence-corrected chi connectivity index (χ2v) is 15.8. The summed E-state index contributed by atoms with van der Waals surface area (Å²) >= 11 is 4.40. The summed E-state index contributed by atoms with van der Waals surface area (Å²) in [5, 5.41) is 0.589. The van der Waals surface area contributed by atoms with Crippen LogP contribution in [-0.2, 0) is 0 Å². The van der Waals surface area contributed by atoms with Gasteiger partial charge in [0.15, 0.2) is 0 Å². The van der Waals surface area contributed by atoms with Gasteiger partial charge in [-0.3, -0.25) is 0 Å². The van der Waals surface area contributed by atoms with E-state index in [1.807, 2.05) is 36.4 Å². The number of benzene rings is 4. The first kappa shape index (κ1) is 20.1. The molecule has 0 spiro atoms. The summed E-state index contributed by atoms with van der Waals surface area (Å²) in [7, 11) is 0. The van der Waals surface area contributed by atoms with Gasteiger partial charge in [0.2, 0.25) is 0 Å². The number of hydrogen-bond acceptors (Lipinski definition) is 1. The van der Waals surface area contributed by atoms with Crippen molar-refractivity contribution < 1.29 is 4.39 Å². The Morgan fingerprint density at radius 1 is 0.548 bits per heavy atom. The van der Waals surface area contributed by atoms with Crippen molar-refractivity contribution in [1.29, 1.82) is 0 Å². The van der Waals surface area contributed by atoms with Gasteiger partial charge < -0.3 is 0 Å². The molecule has 4 heteroatoms. The third kappa shape index (κ3) is 2.96. The molecule has 0 radical (unpaired) electrons. The standard InChI is InChI=1S/C27H20BrFNP/c28-31(21-11-4-1-5-12-21,22-13-6-2-7-14-22,23-15-8-3-9-16-23)27-20-19-24-25(29)17-10-18-26(24)30-27/h1-20H. The van der Waals surface area contributed by atoms with E-state index in [9.17, 15) is 4.39 Å². The van der Waals surface area contributed by atoms with Crippen LogP contribution in [0.3, 0.4) is 0 Å². The molecule has 152 valence electrons. The number of nitrogens with zero attached hydrogens (tertiary/aromatic N) is 1. The molecule has 1 nitrogen and oxygen atoms in total. The topological polar surface area (TPSA) is 12.9 Å². The molecule has 0 fully saturated rings. The van der Waals surface area contributed by atoms with Crippen molar-refractivity contribution >= 4 is 53.0 Å². The first-order valence-corrected chi connectivity index (χ1v) is 14.3. The monoisotopic (exact) mass is 487 g/mol. The van der Waals surface area contributed by atoms with Gasteiger partial charge in [0, 0.05) is 0 Å². The van der Waals surface area contributed by atoms with E-state index in [-0.39, 0.29) is 5.82 Å². The molecule has 31 heavy (non-hydrogen) atoms. The minimum absolute atomic E-state index is 0.259. The van der Waals surface area contributed by atoms with E-state index in [0.29, 0.717) is 10.9 Å². The van der Waals surface area contributed by atoms with Gasteiger partial charge >= 0.3 is 190 Å². The van der Waals surface area contributed by atoms with Crippen LogP contribution < -0.4 is 21.3 Å². The van der Waals surface area contributed by atoms with Crippen LogP contribution in [0.15, 0.2) is 121 Å². The van der Waals surface area contributed by atoms with Gasteiger partial charge in [-0.25, -0.2) is 0 Å². The third-order valence-electron chi connectivity index (χ3n) is 5.82. The van der Waals surface area contributed by atoms with Crippen LogP contribution in [0.5, 0.6) is 0 Å². The summed E-state index contributed by atoms with van der Waals surface area (Å²) in [6.45, 7) is 0. The minimum atomic E-state index is -3.38. The zero-order chi connectivity index (χ0) is 21.3. The number of hydrogen-bond donors (Lipinski definition) is 0. The Labute approximate surface area is 189 Å². The SMILES string of the molecule is Fc1cccc2nc(P(Br)(c3ccccc3)(c3ccccc3)c3ccccc3)ccc12. The number of pyridine rings is 1. The molecule has 4 aromatic carbocycles. The van der Waals surface area contributed by atoms with Gasteiger partial charge in [0.25, 0.3) is 0 Å². The van der Waals surface area contributed by atoms with Crippen LogP contribution in [0.2, 0.25) is 0 Å². The Morgan fingerprint density at radius 3 is 1.52 bits per heavy atom. The molecule has 0 aliphatic heterocycles. The molecule has 1 aromatic heterocycles. The van der Waals surface area contributed by atoms with Crippen molar-refractivity contribution in [2.24, 2.45) is 0 Å². The fraction of sp³-hybridized carbons (Fsp3) is 0. The molecular weight excluding hydrogens is 468 g/mol.